The number of hydrogen-bond donors (Lipinski definition) is 0. The molecule has 0 saturated carbocycles. The number of ether oxygens (including phenoxy) is 2. The van der Waals surface area contributed by atoms with Gasteiger partial charge in [0.25, 0.3) is 0 Å². The van der Waals surface area contributed by atoms with Crippen LogP contribution in [0.1, 0.15) is 133 Å². The number of aryl methyl sites for hydroxylation is 1. The molecule has 1 aromatic carbocycles. The Bertz CT molecular complexity index is 906. The summed E-state index contributed by atoms with van der Waals surface area (Å²) in [6.45, 7) is 1.88. The number of unbranched alkanes of at least 4 members (excludes halogenated alkanes) is 12. The van der Waals surface area contributed by atoms with Gasteiger partial charge in [-0.25, -0.2) is 4.79 Å². The fraction of sp³-hybridized carbons (Fsp3) is 0.667. The number of carbonyl (C=O) groups is 3. The van der Waals surface area contributed by atoms with E-state index in [4.69, 9.17) is 15.9 Å². The van der Waals surface area contributed by atoms with Gasteiger partial charge in [-0.05, 0) is 30.4 Å². The molecule has 0 unspecified atom stereocenters. The molecule has 0 aromatic heterocycles. The zero-order valence-electron chi connectivity index (χ0n) is 24.1. The molecular formula is C33H49NO5. The van der Waals surface area contributed by atoms with Crippen LogP contribution >= 0.6 is 0 Å². The van der Waals surface area contributed by atoms with Crippen molar-refractivity contribution >= 4 is 17.8 Å². The summed E-state index contributed by atoms with van der Waals surface area (Å²) in [5.74, 6) is 2.04. The van der Waals surface area contributed by atoms with Gasteiger partial charge in [0.15, 0.2) is 0 Å². The fourth-order valence-corrected chi connectivity index (χ4v) is 5.27. The Morgan fingerprint density at radius 3 is 2.10 bits per heavy atom. The molecule has 6 nitrogen and oxygen atoms in total. The van der Waals surface area contributed by atoms with Crippen LogP contribution in [0.2, 0.25) is 0 Å². The average Bonchev–Trinajstić information content (AvgIpc) is 3.37. The quantitative estimate of drug-likeness (QED) is 0.0683. The van der Waals surface area contributed by atoms with Crippen molar-refractivity contribution in [3.8, 4) is 12.3 Å². The van der Waals surface area contributed by atoms with Crippen LogP contribution in [-0.2, 0) is 25.5 Å². The molecule has 1 amide bonds. The lowest BCUT2D eigenvalue weighted by atomic mass is 10.0. The fourth-order valence-electron chi connectivity index (χ4n) is 5.27. The van der Waals surface area contributed by atoms with E-state index in [9.17, 15) is 14.4 Å². The van der Waals surface area contributed by atoms with Crippen molar-refractivity contribution in [2.75, 3.05) is 13.3 Å². The van der Waals surface area contributed by atoms with E-state index in [0.29, 0.717) is 6.42 Å². The number of rotatable bonds is 21. The Morgan fingerprint density at radius 2 is 1.46 bits per heavy atom. The molecule has 0 fully saturated rings. The molecule has 39 heavy (non-hydrogen) atoms. The zero-order chi connectivity index (χ0) is 28.1. The molecule has 1 aromatic rings. The second-order valence-corrected chi connectivity index (χ2v) is 10.7. The van der Waals surface area contributed by atoms with E-state index in [2.05, 4.69) is 18.9 Å². The van der Waals surface area contributed by atoms with Gasteiger partial charge < -0.3 is 9.47 Å². The number of terminal acetylenes is 1. The molecule has 216 valence electrons. The Morgan fingerprint density at radius 1 is 0.846 bits per heavy atom. The van der Waals surface area contributed by atoms with Crippen LogP contribution in [0.5, 0.6) is 0 Å². The summed E-state index contributed by atoms with van der Waals surface area (Å²) >= 11 is 0. The van der Waals surface area contributed by atoms with Gasteiger partial charge in [0.1, 0.15) is 5.78 Å². The first-order chi connectivity index (χ1) is 19.1. The van der Waals surface area contributed by atoms with Crippen LogP contribution in [0.4, 0.5) is 4.79 Å². The van der Waals surface area contributed by atoms with Crippen molar-refractivity contribution in [3.05, 3.63) is 35.4 Å². The lowest BCUT2D eigenvalue weighted by molar-refractivity contribution is -0.153. The average molecular weight is 540 g/mol. The van der Waals surface area contributed by atoms with E-state index < -0.39 is 18.9 Å². The van der Waals surface area contributed by atoms with E-state index in [0.717, 1.165) is 31.2 Å². The summed E-state index contributed by atoms with van der Waals surface area (Å²) < 4.78 is 10.2. The molecule has 1 atom stereocenters. The summed E-state index contributed by atoms with van der Waals surface area (Å²) in [7, 11) is 0. The molecule has 0 N–H and O–H groups in total. The smallest absolute Gasteiger partial charge is 0.413 e. The summed E-state index contributed by atoms with van der Waals surface area (Å²) in [6.07, 6.45) is 23.7. The molecule has 0 bridgehead atoms. The number of amides is 1. The zero-order valence-corrected chi connectivity index (χ0v) is 24.1. The SMILES string of the molecule is C#CCN(C(=O)OCOC(=O)CCC(=O)CCCCCCCCCCCCCCC)[C@@H]1CCc2ccccc21. The van der Waals surface area contributed by atoms with Gasteiger partial charge in [-0.1, -0.05) is 114 Å². The van der Waals surface area contributed by atoms with Gasteiger partial charge in [0, 0.05) is 12.8 Å². The van der Waals surface area contributed by atoms with Crippen molar-refractivity contribution in [1.82, 2.24) is 4.90 Å². The highest BCUT2D eigenvalue weighted by atomic mass is 16.7. The largest absolute Gasteiger partial charge is 0.428 e. The molecular weight excluding hydrogens is 490 g/mol. The van der Waals surface area contributed by atoms with E-state index >= 15 is 0 Å². The van der Waals surface area contributed by atoms with Crippen molar-refractivity contribution in [1.29, 1.82) is 0 Å². The van der Waals surface area contributed by atoms with Crippen LogP contribution in [0.3, 0.4) is 0 Å². The molecule has 0 saturated heterocycles. The summed E-state index contributed by atoms with van der Waals surface area (Å²) in [5.41, 5.74) is 2.27. The Kier molecular flexibility index (Phi) is 16.7. The summed E-state index contributed by atoms with van der Waals surface area (Å²) in [6, 6.07) is 7.82. The Balaban J connectivity index is 1.48. The molecule has 0 radical (unpaired) electrons. The topological polar surface area (TPSA) is 72.9 Å². The van der Waals surface area contributed by atoms with Crippen LogP contribution in [0.25, 0.3) is 0 Å². The first-order valence-corrected chi connectivity index (χ1v) is 15.2. The predicted octanol–water partition coefficient (Wildman–Crippen LogP) is 8.08. The molecule has 6 heteroatoms. The van der Waals surface area contributed by atoms with Crippen molar-refractivity contribution in [2.24, 2.45) is 0 Å². The number of benzene rings is 1. The third-order valence-corrected chi connectivity index (χ3v) is 7.54. The standard InChI is InChI=1S/C33H49NO5/c1-3-5-6-7-8-9-10-11-12-13-14-15-16-20-29(35)23-25-32(36)38-27-39-33(37)34(26-4-2)31-24-22-28-19-17-18-21-30(28)31/h2,17-19,21,31H,3,5-16,20,22-27H2,1H3/t31-/m1/s1. The van der Waals surface area contributed by atoms with E-state index in [1.54, 1.807) is 0 Å². The lowest BCUT2D eigenvalue weighted by Crippen LogP contribution is -2.35. The highest BCUT2D eigenvalue weighted by Crippen LogP contribution is 2.35. The van der Waals surface area contributed by atoms with E-state index in [1.807, 2.05) is 18.2 Å². The molecule has 2 rings (SSSR count). The van der Waals surface area contributed by atoms with Gasteiger partial charge in [0.05, 0.1) is 19.0 Å². The molecule has 0 aliphatic heterocycles. The van der Waals surface area contributed by atoms with E-state index in [-0.39, 0.29) is 31.2 Å². The normalized spacial score (nSPS) is 13.9. The maximum atomic E-state index is 12.6. The third-order valence-electron chi connectivity index (χ3n) is 7.54. The maximum absolute atomic E-state index is 12.6. The number of nitrogens with zero attached hydrogens (tertiary/aromatic N) is 1. The minimum atomic E-state index is -0.610. The third kappa shape index (κ3) is 13.2. The monoisotopic (exact) mass is 539 g/mol. The van der Waals surface area contributed by atoms with Gasteiger partial charge in [-0.3, -0.25) is 14.5 Å². The Labute approximate surface area is 236 Å². The van der Waals surface area contributed by atoms with Gasteiger partial charge in [0.2, 0.25) is 6.79 Å². The highest BCUT2D eigenvalue weighted by molar-refractivity contribution is 5.82. The van der Waals surface area contributed by atoms with Crippen LogP contribution in [0.15, 0.2) is 24.3 Å². The minimum Gasteiger partial charge on any atom is -0.428 e. The molecule has 1 aliphatic carbocycles. The number of ketones is 1. The molecule has 0 heterocycles. The number of hydrogen-bond acceptors (Lipinski definition) is 5. The number of Topliss-reactive ketones (excluding diaryl/α,β-unsaturated/α-hetero) is 1. The van der Waals surface area contributed by atoms with E-state index in [1.165, 1.54) is 81.1 Å². The van der Waals surface area contributed by atoms with Gasteiger partial charge in [-0.2, -0.15) is 0 Å². The van der Waals surface area contributed by atoms with Crippen molar-refractivity contribution in [2.45, 2.75) is 129 Å². The number of fused-ring (bicyclic) bond motifs is 1. The minimum absolute atomic E-state index is 0.00109. The number of esters is 1. The molecule has 0 spiro atoms. The predicted molar refractivity (Wildman–Crippen MR) is 155 cm³/mol. The second kappa shape index (κ2) is 20.1. The second-order valence-electron chi connectivity index (χ2n) is 10.7. The van der Waals surface area contributed by atoms with Gasteiger partial charge >= 0.3 is 12.1 Å². The number of carbonyl (C=O) groups excluding carboxylic acids is 3. The molecule has 1 aliphatic rings. The van der Waals surface area contributed by atoms with Crippen molar-refractivity contribution in [3.63, 3.8) is 0 Å². The highest BCUT2D eigenvalue weighted by Gasteiger charge is 2.31. The maximum Gasteiger partial charge on any atom is 0.413 e. The lowest BCUT2D eigenvalue weighted by Gasteiger charge is -2.27. The van der Waals surface area contributed by atoms with Crippen LogP contribution < -0.4 is 0 Å². The summed E-state index contributed by atoms with van der Waals surface area (Å²) in [5, 5.41) is 0. The van der Waals surface area contributed by atoms with Crippen LogP contribution in [-0.4, -0.2) is 36.1 Å². The van der Waals surface area contributed by atoms with Crippen LogP contribution in [0, 0.1) is 12.3 Å². The van der Waals surface area contributed by atoms with Gasteiger partial charge in [-0.15, -0.1) is 6.42 Å². The first-order valence-electron chi connectivity index (χ1n) is 15.2. The van der Waals surface area contributed by atoms with Crippen molar-refractivity contribution < 1.29 is 23.9 Å². The Hall–Kier alpha value is -2.81. The summed E-state index contributed by atoms with van der Waals surface area (Å²) in [4.78, 5) is 38.3. The first kappa shape index (κ1) is 32.4.